The highest BCUT2D eigenvalue weighted by atomic mass is 32.2. The van der Waals surface area contributed by atoms with Gasteiger partial charge in [-0.1, -0.05) is 4.89 Å². The van der Waals surface area contributed by atoms with Crippen LogP contribution in [0.2, 0.25) is 0 Å². The molecule has 0 aliphatic rings. The first-order valence-electron chi connectivity index (χ1n) is 4.38. The molecule has 0 aliphatic heterocycles. The Morgan fingerprint density at radius 3 is 2.21 bits per heavy atom. The number of hydrogen-bond acceptors (Lipinski definition) is 3. The fourth-order valence-electron chi connectivity index (χ4n) is 0.949. The molecule has 0 radical (unpaired) electrons. The highest BCUT2D eigenvalue weighted by molar-refractivity contribution is 7.89. The molecule has 19 heavy (non-hydrogen) atoms. The molecule has 108 valence electrons. The topological polar surface area (TPSA) is 55.4 Å². The standard InChI is InChI=1S/C8H5F6NO3S/c9-4-1-2-5(7(11)6(4)10)19(16,17)15-18-3-8(12,13)14/h1-2,15H,3H2. The normalized spacial score (nSPS) is 12.7. The Morgan fingerprint density at radius 1 is 1.11 bits per heavy atom. The Bertz CT molecular complexity index is 571. The van der Waals surface area contributed by atoms with E-state index in [0.29, 0.717) is 12.1 Å². The number of rotatable bonds is 4. The van der Waals surface area contributed by atoms with Gasteiger partial charge in [-0.15, -0.1) is 0 Å². The van der Waals surface area contributed by atoms with E-state index in [0.717, 1.165) is 4.89 Å². The summed E-state index contributed by atoms with van der Waals surface area (Å²) >= 11 is 0. The fourth-order valence-corrected chi connectivity index (χ4v) is 1.83. The zero-order chi connectivity index (χ0) is 14.8. The van der Waals surface area contributed by atoms with E-state index in [1.54, 1.807) is 0 Å². The van der Waals surface area contributed by atoms with Gasteiger partial charge in [-0.2, -0.15) is 13.2 Å². The second-order valence-electron chi connectivity index (χ2n) is 3.16. The smallest absolute Gasteiger partial charge is 0.277 e. The van der Waals surface area contributed by atoms with Crippen LogP contribution in [0.25, 0.3) is 0 Å². The molecule has 4 nitrogen and oxygen atoms in total. The summed E-state index contributed by atoms with van der Waals surface area (Å²) in [4.78, 5) is 3.16. The van der Waals surface area contributed by atoms with Crippen molar-refractivity contribution in [2.75, 3.05) is 6.61 Å². The molecule has 0 atom stereocenters. The number of hydrogen-bond donors (Lipinski definition) is 1. The zero-order valence-corrected chi connectivity index (χ0v) is 9.58. The Morgan fingerprint density at radius 2 is 1.68 bits per heavy atom. The van der Waals surface area contributed by atoms with E-state index in [4.69, 9.17) is 0 Å². The Hall–Kier alpha value is -1.33. The largest absolute Gasteiger partial charge is 0.413 e. The first kappa shape index (κ1) is 15.7. The molecule has 1 rings (SSSR count). The molecule has 1 aromatic carbocycles. The van der Waals surface area contributed by atoms with Crippen LogP contribution in [-0.4, -0.2) is 21.2 Å². The second-order valence-corrected chi connectivity index (χ2v) is 4.78. The maximum absolute atomic E-state index is 13.1. The van der Waals surface area contributed by atoms with Gasteiger partial charge in [0.15, 0.2) is 24.1 Å². The number of alkyl halides is 3. The molecule has 0 aromatic heterocycles. The minimum Gasteiger partial charge on any atom is -0.277 e. The van der Waals surface area contributed by atoms with E-state index in [2.05, 4.69) is 4.84 Å². The third-order valence-corrected chi connectivity index (χ3v) is 2.93. The molecule has 0 saturated heterocycles. The van der Waals surface area contributed by atoms with E-state index in [9.17, 15) is 34.8 Å². The summed E-state index contributed by atoms with van der Waals surface area (Å²) in [6.45, 7) is -1.97. The van der Waals surface area contributed by atoms with Gasteiger partial charge in [0.1, 0.15) is 4.90 Å². The summed E-state index contributed by atoms with van der Waals surface area (Å²) in [5, 5.41) is 0. The number of sulfonamides is 1. The highest BCUT2D eigenvalue weighted by Gasteiger charge is 2.30. The summed E-state index contributed by atoms with van der Waals surface area (Å²) < 4.78 is 96.0. The molecular weight excluding hydrogens is 304 g/mol. The van der Waals surface area contributed by atoms with Gasteiger partial charge >= 0.3 is 6.18 Å². The van der Waals surface area contributed by atoms with Crippen molar-refractivity contribution in [1.82, 2.24) is 4.89 Å². The summed E-state index contributed by atoms with van der Waals surface area (Å²) in [5.41, 5.74) is 0. The molecule has 0 aliphatic carbocycles. The van der Waals surface area contributed by atoms with E-state index in [1.807, 2.05) is 0 Å². The van der Waals surface area contributed by atoms with Crippen LogP contribution in [-0.2, 0) is 14.9 Å². The maximum Gasteiger partial charge on any atom is 0.413 e. The summed E-state index contributed by atoms with van der Waals surface area (Å²) in [6.07, 6.45) is -4.82. The summed E-state index contributed by atoms with van der Waals surface area (Å²) in [6, 6.07) is 0.643. The van der Waals surface area contributed by atoms with Crippen molar-refractivity contribution in [3.8, 4) is 0 Å². The van der Waals surface area contributed by atoms with E-state index < -0.39 is 45.2 Å². The van der Waals surface area contributed by atoms with Gasteiger partial charge in [-0.3, -0.25) is 4.84 Å². The fraction of sp³-hybridized carbons (Fsp3) is 0.250. The first-order valence-corrected chi connectivity index (χ1v) is 5.87. The van der Waals surface area contributed by atoms with Gasteiger partial charge < -0.3 is 0 Å². The van der Waals surface area contributed by atoms with Crippen LogP contribution in [0.4, 0.5) is 26.3 Å². The van der Waals surface area contributed by atoms with E-state index in [-0.39, 0.29) is 0 Å². The van der Waals surface area contributed by atoms with Crippen molar-refractivity contribution in [1.29, 1.82) is 0 Å². The highest BCUT2D eigenvalue weighted by Crippen LogP contribution is 2.20. The molecule has 1 aromatic rings. The molecule has 0 amide bonds. The van der Waals surface area contributed by atoms with Gasteiger partial charge in [-0.05, 0) is 12.1 Å². The van der Waals surface area contributed by atoms with Crippen LogP contribution < -0.4 is 4.89 Å². The Kier molecular flexibility index (Phi) is 4.43. The van der Waals surface area contributed by atoms with Crippen molar-refractivity contribution in [2.24, 2.45) is 0 Å². The number of benzene rings is 1. The van der Waals surface area contributed by atoms with Crippen LogP contribution in [0, 0.1) is 17.5 Å². The molecular formula is C8H5F6NO3S. The average Bonchev–Trinajstić information content (AvgIpc) is 2.23. The average molecular weight is 309 g/mol. The Labute approximate surface area is 103 Å². The summed E-state index contributed by atoms with van der Waals surface area (Å²) in [5.74, 6) is -5.78. The van der Waals surface area contributed by atoms with E-state index in [1.165, 1.54) is 0 Å². The van der Waals surface area contributed by atoms with Crippen LogP contribution in [0.15, 0.2) is 17.0 Å². The lowest BCUT2D eigenvalue weighted by Crippen LogP contribution is -2.30. The van der Waals surface area contributed by atoms with Crippen molar-refractivity contribution < 1.29 is 39.6 Å². The van der Waals surface area contributed by atoms with Crippen molar-refractivity contribution >= 4 is 10.0 Å². The van der Waals surface area contributed by atoms with Gasteiger partial charge in [0.2, 0.25) is 0 Å². The quantitative estimate of drug-likeness (QED) is 0.525. The molecule has 0 heterocycles. The zero-order valence-electron chi connectivity index (χ0n) is 8.76. The van der Waals surface area contributed by atoms with E-state index >= 15 is 0 Å². The monoisotopic (exact) mass is 309 g/mol. The number of halogens is 6. The molecule has 0 fully saturated rings. The first-order chi connectivity index (χ1) is 8.54. The lowest BCUT2D eigenvalue weighted by molar-refractivity contribution is -0.181. The third kappa shape index (κ3) is 4.08. The predicted molar refractivity (Wildman–Crippen MR) is 48.6 cm³/mol. The lowest BCUT2D eigenvalue weighted by Gasteiger charge is -2.10. The van der Waals surface area contributed by atoms with Crippen LogP contribution >= 0.6 is 0 Å². The summed E-state index contributed by atoms with van der Waals surface area (Å²) in [7, 11) is -4.91. The molecule has 0 spiro atoms. The van der Waals surface area contributed by atoms with Crippen LogP contribution in [0.1, 0.15) is 0 Å². The molecule has 0 unspecified atom stereocenters. The second kappa shape index (κ2) is 5.35. The molecule has 11 heteroatoms. The molecule has 0 saturated carbocycles. The minimum atomic E-state index is -4.91. The van der Waals surface area contributed by atoms with Crippen LogP contribution in [0.3, 0.4) is 0 Å². The molecule has 0 bridgehead atoms. The minimum absolute atomic E-state index is 0.302. The molecule has 1 N–H and O–H groups in total. The predicted octanol–water partition coefficient (Wildman–Crippen LogP) is 1.88. The Balaban J connectivity index is 2.93. The van der Waals surface area contributed by atoms with Gasteiger partial charge in [-0.25, -0.2) is 21.6 Å². The third-order valence-electron chi connectivity index (χ3n) is 1.69. The van der Waals surface area contributed by atoms with Gasteiger partial charge in [0, 0.05) is 0 Å². The van der Waals surface area contributed by atoms with Crippen molar-refractivity contribution in [3.63, 3.8) is 0 Å². The SMILES string of the molecule is O=S(=O)(NOCC(F)(F)F)c1ccc(F)c(F)c1F. The van der Waals surface area contributed by atoms with Gasteiger partial charge in [0.05, 0.1) is 0 Å². The van der Waals surface area contributed by atoms with Crippen LogP contribution in [0.5, 0.6) is 0 Å². The number of nitrogens with one attached hydrogen (secondary N) is 1. The lowest BCUT2D eigenvalue weighted by atomic mass is 10.3. The maximum atomic E-state index is 13.1. The van der Waals surface area contributed by atoms with Crippen molar-refractivity contribution in [2.45, 2.75) is 11.1 Å². The van der Waals surface area contributed by atoms with Gasteiger partial charge in [0.25, 0.3) is 10.0 Å². The van der Waals surface area contributed by atoms with Crippen molar-refractivity contribution in [3.05, 3.63) is 29.6 Å².